The Hall–Kier alpha value is -0.630. The highest BCUT2D eigenvalue weighted by atomic mass is 35.5. The van der Waals surface area contributed by atoms with E-state index in [0.29, 0.717) is 11.1 Å². The molecule has 1 saturated carbocycles. The predicted octanol–water partition coefficient (Wildman–Crippen LogP) is 3.34. The van der Waals surface area contributed by atoms with Gasteiger partial charge in [0, 0.05) is 11.6 Å². The molecule has 2 nitrogen and oxygen atoms in total. The smallest absolute Gasteiger partial charge is 0.133 e. The van der Waals surface area contributed by atoms with Gasteiger partial charge in [0.15, 0.2) is 0 Å². The number of halogens is 1. The van der Waals surface area contributed by atoms with Crippen LogP contribution in [0.1, 0.15) is 43.6 Å². The topological polar surface area (TPSA) is 25.8 Å². The summed E-state index contributed by atoms with van der Waals surface area (Å²) in [5.74, 6) is 2.28. The molecule has 0 radical (unpaired) electrons. The summed E-state index contributed by atoms with van der Waals surface area (Å²) in [6.45, 7) is 4.26. The highest BCUT2D eigenvalue weighted by Gasteiger charge is 2.25. The second-order valence-electron chi connectivity index (χ2n) is 4.31. The van der Waals surface area contributed by atoms with Crippen LogP contribution in [-0.4, -0.2) is 9.97 Å². The zero-order valence-corrected chi connectivity index (χ0v) is 9.38. The quantitative estimate of drug-likeness (QED) is 0.665. The van der Waals surface area contributed by atoms with Gasteiger partial charge >= 0.3 is 0 Å². The van der Waals surface area contributed by atoms with Crippen molar-refractivity contribution in [2.24, 2.45) is 5.92 Å². The van der Waals surface area contributed by atoms with Gasteiger partial charge in [0.25, 0.3) is 0 Å². The summed E-state index contributed by atoms with van der Waals surface area (Å²) in [4.78, 5) is 8.76. The molecule has 0 aromatic carbocycles. The van der Waals surface area contributed by atoms with E-state index >= 15 is 0 Å². The van der Waals surface area contributed by atoms with Gasteiger partial charge in [-0.2, -0.15) is 0 Å². The van der Waals surface area contributed by atoms with Gasteiger partial charge in [0.2, 0.25) is 0 Å². The predicted molar refractivity (Wildman–Crippen MR) is 57.5 cm³/mol. The van der Waals surface area contributed by atoms with Crippen molar-refractivity contribution in [2.75, 3.05) is 0 Å². The molecule has 2 atom stereocenters. The molecule has 0 spiro atoms. The van der Waals surface area contributed by atoms with Crippen LogP contribution in [0.5, 0.6) is 0 Å². The lowest BCUT2D eigenvalue weighted by atomic mass is 10.1. The normalized spacial score (nSPS) is 26.8. The maximum Gasteiger partial charge on any atom is 0.133 e. The average molecular weight is 211 g/mol. The second-order valence-corrected chi connectivity index (χ2v) is 4.69. The summed E-state index contributed by atoms with van der Waals surface area (Å²) in [6, 6.07) is 1.81. The largest absolute Gasteiger partial charge is 0.238 e. The molecular weight excluding hydrogens is 196 g/mol. The summed E-state index contributed by atoms with van der Waals surface area (Å²) >= 11 is 5.91. The summed E-state index contributed by atoms with van der Waals surface area (Å²) in [5.41, 5.74) is 0.972. The van der Waals surface area contributed by atoms with E-state index in [9.17, 15) is 0 Å². The molecule has 14 heavy (non-hydrogen) atoms. The van der Waals surface area contributed by atoms with Gasteiger partial charge in [-0.3, -0.25) is 0 Å². The van der Waals surface area contributed by atoms with Gasteiger partial charge in [-0.1, -0.05) is 18.5 Å². The van der Waals surface area contributed by atoms with Crippen LogP contribution in [-0.2, 0) is 0 Å². The van der Waals surface area contributed by atoms with Crippen molar-refractivity contribution in [3.63, 3.8) is 0 Å². The van der Waals surface area contributed by atoms with Crippen molar-refractivity contribution >= 4 is 11.6 Å². The number of rotatable bonds is 1. The van der Waals surface area contributed by atoms with Crippen LogP contribution in [0.25, 0.3) is 0 Å². The summed E-state index contributed by atoms with van der Waals surface area (Å²) in [5, 5.41) is 0.576. The van der Waals surface area contributed by atoms with Crippen LogP contribution in [0, 0.1) is 12.8 Å². The number of aryl methyl sites for hydroxylation is 1. The van der Waals surface area contributed by atoms with Gasteiger partial charge < -0.3 is 0 Å². The minimum Gasteiger partial charge on any atom is -0.238 e. The van der Waals surface area contributed by atoms with Gasteiger partial charge in [0.1, 0.15) is 11.0 Å². The van der Waals surface area contributed by atoms with E-state index in [-0.39, 0.29) is 0 Å². The number of hydrogen-bond acceptors (Lipinski definition) is 2. The minimum absolute atomic E-state index is 0.530. The molecule has 0 amide bonds. The van der Waals surface area contributed by atoms with Crippen molar-refractivity contribution in [1.82, 2.24) is 9.97 Å². The third kappa shape index (κ3) is 2.06. The van der Waals surface area contributed by atoms with E-state index in [1.165, 1.54) is 19.3 Å². The molecule has 2 rings (SSSR count). The first-order chi connectivity index (χ1) is 6.65. The molecule has 3 heteroatoms. The number of nitrogens with zero attached hydrogens (tertiary/aromatic N) is 2. The Kier molecular flexibility index (Phi) is 2.73. The first kappa shape index (κ1) is 9.91. The average Bonchev–Trinajstić information content (AvgIpc) is 2.50. The molecule has 1 aromatic heterocycles. The van der Waals surface area contributed by atoms with Crippen molar-refractivity contribution in [3.05, 3.63) is 22.7 Å². The number of aromatic nitrogens is 2. The van der Waals surface area contributed by atoms with Gasteiger partial charge in [-0.25, -0.2) is 9.97 Å². The van der Waals surface area contributed by atoms with E-state index in [2.05, 4.69) is 16.9 Å². The molecule has 2 unspecified atom stereocenters. The van der Waals surface area contributed by atoms with Crippen LogP contribution in [0.15, 0.2) is 6.07 Å². The van der Waals surface area contributed by atoms with E-state index in [1.807, 2.05) is 13.0 Å². The fourth-order valence-electron chi connectivity index (χ4n) is 2.18. The van der Waals surface area contributed by atoms with E-state index < -0.39 is 0 Å². The Bertz CT molecular complexity index is 318. The SMILES string of the molecule is Cc1cc(Cl)nc(C2CCC(C)C2)n1. The van der Waals surface area contributed by atoms with Crippen molar-refractivity contribution in [1.29, 1.82) is 0 Å². The standard InChI is InChI=1S/C11H15ClN2/c1-7-3-4-9(5-7)11-13-8(2)6-10(12)14-11/h6-7,9H,3-5H2,1-2H3. The molecule has 1 aromatic rings. The Morgan fingerprint density at radius 3 is 2.71 bits per heavy atom. The Morgan fingerprint density at radius 1 is 1.36 bits per heavy atom. The molecule has 0 saturated heterocycles. The lowest BCUT2D eigenvalue weighted by molar-refractivity contribution is 0.584. The monoisotopic (exact) mass is 210 g/mol. The van der Waals surface area contributed by atoms with Crippen molar-refractivity contribution in [3.8, 4) is 0 Å². The van der Waals surface area contributed by atoms with Gasteiger partial charge in [-0.05, 0) is 38.2 Å². The molecule has 0 aliphatic heterocycles. The number of hydrogen-bond donors (Lipinski definition) is 0. The van der Waals surface area contributed by atoms with Crippen molar-refractivity contribution in [2.45, 2.75) is 39.0 Å². The lowest BCUT2D eigenvalue weighted by Gasteiger charge is -2.08. The fourth-order valence-corrected chi connectivity index (χ4v) is 2.42. The minimum atomic E-state index is 0.530. The van der Waals surface area contributed by atoms with E-state index in [4.69, 9.17) is 11.6 Å². The first-order valence-corrected chi connectivity index (χ1v) is 5.54. The highest BCUT2D eigenvalue weighted by molar-refractivity contribution is 6.29. The molecule has 1 aliphatic rings. The van der Waals surface area contributed by atoms with Gasteiger partial charge in [-0.15, -0.1) is 0 Å². The molecule has 1 heterocycles. The van der Waals surface area contributed by atoms with Crippen LogP contribution in [0.2, 0.25) is 5.15 Å². The van der Waals surface area contributed by atoms with E-state index in [0.717, 1.165) is 17.4 Å². The zero-order valence-electron chi connectivity index (χ0n) is 8.63. The maximum absolute atomic E-state index is 5.91. The summed E-state index contributed by atoms with van der Waals surface area (Å²) < 4.78 is 0. The molecular formula is C11H15ClN2. The van der Waals surface area contributed by atoms with Crippen LogP contribution in [0.3, 0.4) is 0 Å². The zero-order chi connectivity index (χ0) is 10.1. The third-order valence-corrected chi connectivity index (χ3v) is 3.09. The molecule has 1 fully saturated rings. The molecule has 0 N–H and O–H groups in total. The summed E-state index contributed by atoms with van der Waals surface area (Å²) in [6.07, 6.45) is 3.71. The fraction of sp³-hybridized carbons (Fsp3) is 0.636. The lowest BCUT2D eigenvalue weighted by Crippen LogP contribution is -2.02. The molecule has 1 aliphatic carbocycles. The first-order valence-electron chi connectivity index (χ1n) is 5.16. The highest BCUT2D eigenvalue weighted by Crippen LogP contribution is 2.36. The van der Waals surface area contributed by atoms with Gasteiger partial charge in [0.05, 0.1) is 0 Å². The van der Waals surface area contributed by atoms with Crippen LogP contribution >= 0.6 is 11.6 Å². The maximum atomic E-state index is 5.91. The van der Waals surface area contributed by atoms with Crippen molar-refractivity contribution < 1.29 is 0 Å². The summed E-state index contributed by atoms with van der Waals surface area (Å²) in [7, 11) is 0. The third-order valence-electron chi connectivity index (χ3n) is 2.90. The molecule has 76 valence electrons. The Labute approximate surface area is 89.7 Å². The molecule has 0 bridgehead atoms. The van der Waals surface area contributed by atoms with E-state index in [1.54, 1.807) is 0 Å². The second kappa shape index (κ2) is 3.85. The Balaban J connectivity index is 2.23. The Morgan fingerprint density at radius 2 is 2.14 bits per heavy atom. The van der Waals surface area contributed by atoms with Crippen LogP contribution in [0.4, 0.5) is 0 Å². The van der Waals surface area contributed by atoms with Crippen LogP contribution < -0.4 is 0 Å².